The van der Waals surface area contributed by atoms with Gasteiger partial charge >= 0.3 is 0 Å². The van der Waals surface area contributed by atoms with Gasteiger partial charge in [0.25, 0.3) is 0 Å². The molecule has 0 saturated heterocycles. The largest absolute Gasteiger partial charge is 0.493 e. The highest BCUT2D eigenvalue weighted by atomic mass is 16.3. The van der Waals surface area contributed by atoms with Crippen molar-refractivity contribution in [3.63, 3.8) is 0 Å². The van der Waals surface area contributed by atoms with E-state index in [1.807, 2.05) is 6.92 Å². The molecule has 0 atom stereocenters. The summed E-state index contributed by atoms with van der Waals surface area (Å²) in [5, 5.41) is 14.6. The summed E-state index contributed by atoms with van der Waals surface area (Å²) in [6.45, 7) is 1.88. The molecule has 0 saturated carbocycles. The number of pyridine rings is 1. The second kappa shape index (κ2) is 2.66. The molecular formula is C10H8N4O. The number of fused-ring (bicyclic) bond motifs is 3. The molecule has 74 valence electrons. The van der Waals surface area contributed by atoms with Crippen molar-refractivity contribution in [1.82, 2.24) is 19.6 Å². The molecule has 0 aromatic carbocycles. The molecule has 3 aromatic rings. The van der Waals surface area contributed by atoms with Crippen LogP contribution in [-0.2, 0) is 0 Å². The summed E-state index contributed by atoms with van der Waals surface area (Å²) < 4.78 is 1.63. The zero-order valence-corrected chi connectivity index (χ0v) is 8.05. The number of hydrogen-bond acceptors (Lipinski definition) is 4. The van der Waals surface area contributed by atoms with Crippen molar-refractivity contribution >= 4 is 16.7 Å². The van der Waals surface area contributed by atoms with Crippen LogP contribution < -0.4 is 0 Å². The van der Waals surface area contributed by atoms with Crippen LogP contribution >= 0.6 is 0 Å². The van der Waals surface area contributed by atoms with E-state index in [-0.39, 0.29) is 5.88 Å². The minimum Gasteiger partial charge on any atom is -0.493 e. The summed E-state index contributed by atoms with van der Waals surface area (Å²) in [7, 11) is 0. The Bertz CT molecular complexity index is 659. The van der Waals surface area contributed by atoms with E-state index < -0.39 is 0 Å². The van der Waals surface area contributed by atoms with E-state index in [9.17, 15) is 5.11 Å². The second-order valence-electron chi connectivity index (χ2n) is 3.37. The Morgan fingerprint density at radius 2 is 2.27 bits per heavy atom. The van der Waals surface area contributed by atoms with Crippen molar-refractivity contribution in [2.24, 2.45) is 0 Å². The molecule has 3 rings (SSSR count). The first-order chi connectivity index (χ1) is 7.25. The number of hydrogen-bond donors (Lipinski definition) is 1. The predicted octanol–water partition coefficient (Wildman–Crippen LogP) is 1.29. The van der Waals surface area contributed by atoms with Gasteiger partial charge in [0.15, 0.2) is 11.3 Å². The molecule has 3 heterocycles. The monoisotopic (exact) mass is 200 g/mol. The molecule has 15 heavy (non-hydrogen) atoms. The zero-order valence-electron chi connectivity index (χ0n) is 8.05. The Labute approximate surface area is 85.0 Å². The quantitative estimate of drug-likeness (QED) is 0.594. The Morgan fingerprint density at radius 1 is 1.40 bits per heavy atom. The minimum absolute atomic E-state index is 0.00880. The van der Waals surface area contributed by atoms with E-state index in [1.165, 1.54) is 0 Å². The highest BCUT2D eigenvalue weighted by Crippen LogP contribution is 2.21. The van der Waals surface area contributed by atoms with Gasteiger partial charge in [-0.25, -0.2) is 4.98 Å². The molecule has 0 spiro atoms. The molecule has 0 bridgehead atoms. The third-order valence-electron chi connectivity index (χ3n) is 2.26. The molecule has 0 aliphatic rings. The lowest BCUT2D eigenvalue weighted by Gasteiger charge is -2.00. The van der Waals surface area contributed by atoms with Gasteiger partial charge in [-0.05, 0) is 19.1 Å². The standard InChI is InChI=1S/C10H8N4O/c1-6-5-8-12-10(15)7-3-2-4-11-9(7)14(8)13-6/h2-5H,1H3,(H,12,15). The van der Waals surface area contributed by atoms with Gasteiger partial charge < -0.3 is 5.11 Å². The van der Waals surface area contributed by atoms with Gasteiger partial charge in [-0.1, -0.05) is 0 Å². The van der Waals surface area contributed by atoms with Crippen molar-refractivity contribution in [2.75, 3.05) is 0 Å². The second-order valence-corrected chi connectivity index (χ2v) is 3.37. The Morgan fingerprint density at radius 3 is 3.13 bits per heavy atom. The molecule has 0 amide bonds. The Kier molecular flexibility index (Phi) is 1.45. The average molecular weight is 200 g/mol. The van der Waals surface area contributed by atoms with E-state index in [0.717, 1.165) is 5.69 Å². The van der Waals surface area contributed by atoms with Gasteiger partial charge in [0.2, 0.25) is 5.88 Å². The van der Waals surface area contributed by atoms with E-state index >= 15 is 0 Å². The van der Waals surface area contributed by atoms with Crippen molar-refractivity contribution in [2.45, 2.75) is 6.92 Å². The van der Waals surface area contributed by atoms with Gasteiger partial charge in [0.1, 0.15) is 0 Å². The molecule has 3 aromatic heterocycles. The van der Waals surface area contributed by atoms with Crippen molar-refractivity contribution in [3.05, 3.63) is 30.1 Å². The van der Waals surface area contributed by atoms with Crippen molar-refractivity contribution < 1.29 is 5.11 Å². The number of aryl methyl sites for hydroxylation is 1. The maximum atomic E-state index is 9.69. The average Bonchev–Trinajstić information content (AvgIpc) is 2.59. The normalized spacial score (nSPS) is 11.3. The van der Waals surface area contributed by atoms with E-state index in [0.29, 0.717) is 16.7 Å². The summed E-state index contributed by atoms with van der Waals surface area (Å²) in [5.41, 5.74) is 2.07. The lowest BCUT2D eigenvalue weighted by Crippen LogP contribution is -1.95. The fourth-order valence-electron chi connectivity index (χ4n) is 1.63. The predicted molar refractivity (Wildman–Crippen MR) is 54.7 cm³/mol. The molecule has 0 aliphatic heterocycles. The molecule has 0 unspecified atom stereocenters. The molecule has 0 aliphatic carbocycles. The summed E-state index contributed by atoms with van der Waals surface area (Å²) >= 11 is 0. The summed E-state index contributed by atoms with van der Waals surface area (Å²) in [6.07, 6.45) is 1.66. The van der Waals surface area contributed by atoms with Gasteiger partial charge in [0.05, 0.1) is 11.1 Å². The number of nitrogens with zero attached hydrogens (tertiary/aromatic N) is 4. The van der Waals surface area contributed by atoms with E-state index in [2.05, 4.69) is 15.1 Å². The summed E-state index contributed by atoms with van der Waals surface area (Å²) in [4.78, 5) is 8.22. The fraction of sp³-hybridized carbons (Fsp3) is 0.100. The highest BCUT2D eigenvalue weighted by Gasteiger charge is 2.09. The van der Waals surface area contributed by atoms with Crippen LogP contribution in [0, 0.1) is 6.92 Å². The van der Waals surface area contributed by atoms with Crippen LogP contribution in [0.25, 0.3) is 16.7 Å². The topological polar surface area (TPSA) is 63.3 Å². The lowest BCUT2D eigenvalue weighted by atomic mass is 10.3. The molecule has 0 fully saturated rings. The zero-order chi connectivity index (χ0) is 10.4. The van der Waals surface area contributed by atoms with Gasteiger partial charge in [0, 0.05) is 12.3 Å². The smallest absolute Gasteiger partial charge is 0.224 e. The van der Waals surface area contributed by atoms with Crippen molar-refractivity contribution in [1.29, 1.82) is 0 Å². The number of aromatic hydroxyl groups is 1. The Balaban J connectivity index is 2.62. The third kappa shape index (κ3) is 1.06. The van der Waals surface area contributed by atoms with Gasteiger partial charge in [-0.15, -0.1) is 0 Å². The molecule has 0 radical (unpaired) electrons. The number of rotatable bonds is 0. The molecule has 5 heteroatoms. The first kappa shape index (κ1) is 8.16. The SMILES string of the molecule is Cc1cc2nc(O)c3cccnc3n2n1. The maximum absolute atomic E-state index is 9.69. The van der Waals surface area contributed by atoms with Crippen LogP contribution in [-0.4, -0.2) is 24.7 Å². The van der Waals surface area contributed by atoms with Crippen LogP contribution in [0.1, 0.15) is 5.69 Å². The molecule has 1 N–H and O–H groups in total. The summed E-state index contributed by atoms with van der Waals surface area (Å²) in [5.74, 6) is -0.00880. The highest BCUT2D eigenvalue weighted by molar-refractivity contribution is 5.82. The van der Waals surface area contributed by atoms with Crippen LogP contribution in [0.4, 0.5) is 0 Å². The van der Waals surface area contributed by atoms with Crippen LogP contribution in [0.2, 0.25) is 0 Å². The summed E-state index contributed by atoms with van der Waals surface area (Å²) in [6, 6.07) is 5.32. The first-order valence-corrected chi connectivity index (χ1v) is 4.56. The van der Waals surface area contributed by atoms with E-state index in [4.69, 9.17) is 0 Å². The fourth-order valence-corrected chi connectivity index (χ4v) is 1.63. The first-order valence-electron chi connectivity index (χ1n) is 4.56. The maximum Gasteiger partial charge on any atom is 0.224 e. The van der Waals surface area contributed by atoms with Gasteiger partial charge in [-0.3, -0.25) is 0 Å². The van der Waals surface area contributed by atoms with Crippen LogP contribution in [0.5, 0.6) is 5.88 Å². The van der Waals surface area contributed by atoms with Crippen LogP contribution in [0.15, 0.2) is 24.4 Å². The van der Waals surface area contributed by atoms with Crippen LogP contribution in [0.3, 0.4) is 0 Å². The molecule has 5 nitrogen and oxygen atoms in total. The van der Waals surface area contributed by atoms with E-state index in [1.54, 1.807) is 28.9 Å². The third-order valence-corrected chi connectivity index (χ3v) is 2.26. The lowest BCUT2D eigenvalue weighted by molar-refractivity contribution is 0.461. The van der Waals surface area contributed by atoms with Gasteiger partial charge in [-0.2, -0.15) is 14.6 Å². The minimum atomic E-state index is -0.00880. The molecular weight excluding hydrogens is 192 g/mol. The number of aromatic nitrogens is 4. The van der Waals surface area contributed by atoms with Crippen molar-refractivity contribution in [3.8, 4) is 5.88 Å². The Hall–Kier alpha value is -2.17.